The van der Waals surface area contributed by atoms with E-state index in [0.29, 0.717) is 0 Å². The molecule has 0 unspecified atom stereocenters. The first kappa shape index (κ1) is 40.1. The highest BCUT2D eigenvalue weighted by Crippen LogP contribution is 2.42. The van der Waals surface area contributed by atoms with Gasteiger partial charge in [-0.1, -0.05) is 218 Å². The van der Waals surface area contributed by atoms with Crippen LogP contribution in [0.2, 0.25) is 0 Å². The highest BCUT2D eigenvalue weighted by molar-refractivity contribution is 7.21. The summed E-state index contributed by atoms with van der Waals surface area (Å²) in [6, 6.07) is 102. The van der Waals surface area contributed by atoms with Crippen LogP contribution in [0.4, 0.5) is 0 Å². The van der Waals surface area contributed by atoms with Crippen molar-refractivity contribution in [1.29, 1.82) is 0 Å². The van der Waals surface area contributed by atoms with E-state index >= 15 is 0 Å². The van der Waals surface area contributed by atoms with Crippen LogP contribution in [0.15, 0.2) is 273 Å². The molecular weight excluding hydrogens is 863 g/mol. The smallest absolute Gasteiger partial charge is 0.182 e. The Bertz CT molecular complexity index is 4130. The lowest BCUT2D eigenvalue weighted by molar-refractivity contribution is 1.13. The van der Waals surface area contributed by atoms with E-state index < -0.39 is 8.07 Å². The molecule has 0 saturated heterocycles. The number of rotatable bonds is 8. The van der Waals surface area contributed by atoms with E-state index in [2.05, 4.69) is 287 Å². The van der Waals surface area contributed by atoms with Gasteiger partial charge in [0.15, 0.2) is 8.07 Å². The topological polar surface area (TPSA) is 14.8 Å². The van der Waals surface area contributed by atoms with Crippen molar-refractivity contribution in [2.24, 2.45) is 0 Å². The summed E-state index contributed by atoms with van der Waals surface area (Å²) in [5.41, 5.74) is 12.9. The van der Waals surface area contributed by atoms with Crippen molar-refractivity contribution >= 4 is 94.2 Å². The molecule has 328 valence electrons. The van der Waals surface area contributed by atoms with E-state index in [1.54, 1.807) is 0 Å². The molecule has 4 heteroatoms. The van der Waals surface area contributed by atoms with Crippen molar-refractivity contribution < 1.29 is 0 Å². The maximum atomic E-state index is 2.57. The molecule has 70 heavy (non-hydrogen) atoms. The second-order valence-corrected chi connectivity index (χ2v) is 22.1. The van der Waals surface area contributed by atoms with Gasteiger partial charge in [0, 0.05) is 43.7 Å². The fraction of sp³-hybridized carbons (Fsp3) is 0. The van der Waals surface area contributed by atoms with Gasteiger partial charge < -0.3 is 13.7 Å². The Labute approximate surface area is 407 Å². The normalized spacial score (nSPS) is 12.0. The highest BCUT2D eigenvalue weighted by atomic mass is 28.3. The van der Waals surface area contributed by atoms with E-state index in [1.807, 2.05) is 0 Å². The van der Waals surface area contributed by atoms with Gasteiger partial charge in [0.1, 0.15) is 0 Å². The Morgan fingerprint density at radius 2 is 0.671 bits per heavy atom. The summed E-state index contributed by atoms with van der Waals surface area (Å²) in [5.74, 6) is 0. The van der Waals surface area contributed by atoms with Crippen LogP contribution < -0.4 is 20.7 Å². The van der Waals surface area contributed by atoms with Gasteiger partial charge in [0.25, 0.3) is 0 Å². The number of nitrogens with zero attached hydrogens (tertiary/aromatic N) is 3. The zero-order chi connectivity index (χ0) is 46.2. The largest absolute Gasteiger partial charge is 0.309 e. The van der Waals surface area contributed by atoms with Crippen LogP contribution in [0.25, 0.3) is 93.6 Å². The highest BCUT2D eigenvalue weighted by Gasteiger charge is 2.45. The Balaban J connectivity index is 1.19. The van der Waals surface area contributed by atoms with Crippen LogP contribution in [-0.2, 0) is 0 Å². The van der Waals surface area contributed by atoms with Crippen molar-refractivity contribution in [3.05, 3.63) is 273 Å². The Kier molecular flexibility index (Phi) is 9.23. The molecule has 3 heterocycles. The average molecular weight is 908 g/mol. The molecule has 0 atom stereocenters. The zero-order valence-electron chi connectivity index (χ0n) is 38.3. The van der Waals surface area contributed by atoms with Crippen molar-refractivity contribution in [3.63, 3.8) is 0 Å². The summed E-state index contributed by atoms with van der Waals surface area (Å²) in [7, 11) is -3.27. The molecule has 0 N–H and O–H groups in total. The number of fused-ring (bicyclic) bond motifs is 9. The molecular formula is C66H45N3Si. The van der Waals surface area contributed by atoms with Gasteiger partial charge in [-0.05, 0) is 86.5 Å². The Hall–Kier alpha value is -8.96. The third-order valence-corrected chi connectivity index (χ3v) is 19.6. The summed E-state index contributed by atoms with van der Waals surface area (Å²) in [4.78, 5) is 0. The molecule has 3 aromatic heterocycles. The first-order valence-corrected chi connectivity index (χ1v) is 26.2. The molecule has 0 radical (unpaired) electrons. The Morgan fingerprint density at radius 1 is 0.257 bits per heavy atom. The SMILES string of the molecule is c1ccc(-c2cccc(-n3c4ccccc4c4cccc(-n5c6ccccc6c6c([Si](c7ccccc7)(c7ccccc7)c7ccccc7)c(-n7c8ccccc8c8ccccc87)ccc65)c43)c2)cc1. The van der Waals surface area contributed by atoms with Crippen LogP contribution in [0.5, 0.6) is 0 Å². The van der Waals surface area contributed by atoms with Crippen molar-refractivity contribution in [1.82, 2.24) is 13.7 Å². The third kappa shape index (κ3) is 5.87. The van der Waals surface area contributed by atoms with Gasteiger partial charge in [-0.3, -0.25) is 0 Å². The van der Waals surface area contributed by atoms with E-state index in [4.69, 9.17) is 0 Å². The maximum Gasteiger partial charge on any atom is 0.182 e. The number of hydrogen-bond donors (Lipinski definition) is 0. The summed E-state index contributed by atoms with van der Waals surface area (Å²) >= 11 is 0. The monoisotopic (exact) mass is 907 g/mol. The number of hydrogen-bond acceptors (Lipinski definition) is 0. The predicted octanol–water partition coefficient (Wildman–Crippen LogP) is 14.0. The second-order valence-electron chi connectivity index (χ2n) is 18.4. The van der Waals surface area contributed by atoms with Gasteiger partial charge in [0.2, 0.25) is 0 Å². The van der Waals surface area contributed by atoms with Crippen LogP contribution in [0, 0.1) is 0 Å². The van der Waals surface area contributed by atoms with E-state index in [-0.39, 0.29) is 0 Å². The number of aromatic nitrogens is 3. The van der Waals surface area contributed by atoms with Crippen LogP contribution in [-0.4, -0.2) is 21.8 Å². The van der Waals surface area contributed by atoms with E-state index in [0.717, 1.165) is 16.9 Å². The molecule has 11 aromatic carbocycles. The maximum absolute atomic E-state index is 3.27. The minimum absolute atomic E-state index is 1.12. The fourth-order valence-corrected chi connectivity index (χ4v) is 17.1. The van der Waals surface area contributed by atoms with Crippen LogP contribution in [0.1, 0.15) is 0 Å². The minimum Gasteiger partial charge on any atom is -0.309 e. The standard InChI is InChI=1S/C66H45N3Si/c1-5-23-46(24-6-1)47-25-21-26-48(45-47)67-57-38-17-15-35-54(57)55-37-22-42-62(65(55)67)69-60-41-20-16-36-56(60)64-61(69)43-44-63(68-58-39-18-13-33-52(58)53-34-14-19-40-59(53)68)66(64)70(49-27-7-2-8-28-49,50-29-9-3-10-30-50)51-31-11-4-12-32-51/h1-45H. The minimum atomic E-state index is -3.27. The summed E-state index contributed by atoms with van der Waals surface area (Å²) < 4.78 is 7.64. The quantitative estimate of drug-likeness (QED) is 0.107. The lowest BCUT2D eigenvalue weighted by Gasteiger charge is -2.37. The van der Waals surface area contributed by atoms with Crippen LogP contribution in [0.3, 0.4) is 0 Å². The van der Waals surface area contributed by atoms with E-state index in [1.165, 1.54) is 97.5 Å². The first-order chi connectivity index (χ1) is 34.8. The van der Waals surface area contributed by atoms with Gasteiger partial charge in [0.05, 0.1) is 38.8 Å². The summed E-state index contributed by atoms with van der Waals surface area (Å²) in [6.45, 7) is 0. The molecule has 0 fully saturated rings. The average Bonchev–Trinajstić information content (AvgIpc) is 4.09. The van der Waals surface area contributed by atoms with Gasteiger partial charge in [-0.15, -0.1) is 0 Å². The second kappa shape index (κ2) is 16.1. The first-order valence-electron chi connectivity index (χ1n) is 24.2. The lowest BCUT2D eigenvalue weighted by atomic mass is 10.1. The summed E-state index contributed by atoms with van der Waals surface area (Å²) in [5, 5.41) is 12.8. The number of benzene rings is 11. The summed E-state index contributed by atoms with van der Waals surface area (Å²) in [6.07, 6.45) is 0. The van der Waals surface area contributed by atoms with E-state index in [9.17, 15) is 0 Å². The van der Waals surface area contributed by atoms with Gasteiger partial charge in [-0.2, -0.15) is 0 Å². The fourth-order valence-electron chi connectivity index (χ4n) is 12.0. The predicted molar refractivity (Wildman–Crippen MR) is 299 cm³/mol. The molecule has 0 amide bonds. The molecule has 0 spiro atoms. The lowest BCUT2D eigenvalue weighted by Crippen LogP contribution is -2.75. The Morgan fingerprint density at radius 3 is 1.24 bits per heavy atom. The zero-order valence-corrected chi connectivity index (χ0v) is 39.3. The molecule has 0 bridgehead atoms. The molecule has 0 aliphatic heterocycles. The molecule has 0 aliphatic rings. The third-order valence-electron chi connectivity index (χ3n) is 14.8. The molecule has 0 saturated carbocycles. The van der Waals surface area contributed by atoms with Gasteiger partial charge >= 0.3 is 0 Å². The molecule has 14 aromatic rings. The van der Waals surface area contributed by atoms with Crippen LogP contribution >= 0.6 is 0 Å². The molecule has 3 nitrogen and oxygen atoms in total. The molecule has 14 rings (SSSR count). The molecule has 0 aliphatic carbocycles. The number of para-hydroxylation sites is 5. The van der Waals surface area contributed by atoms with Crippen molar-refractivity contribution in [2.45, 2.75) is 0 Å². The van der Waals surface area contributed by atoms with Gasteiger partial charge in [-0.25, -0.2) is 0 Å². The van der Waals surface area contributed by atoms with Crippen molar-refractivity contribution in [3.8, 4) is 28.2 Å². The van der Waals surface area contributed by atoms with Crippen molar-refractivity contribution in [2.75, 3.05) is 0 Å².